The van der Waals surface area contributed by atoms with Crippen LogP contribution in [0.25, 0.3) is 0 Å². The zero-order valence-corrected chi connectivity index (χ0v) is 10.9. The molecule has 0 bridgehead atoms. The first-order valence-electron chi connectivity index (χ1n) is 6.04. The van der Waals surface area contributed by atoms with E-state index in [2.05, 4.69) is 11.8 Å². The number of terminal acetylenes is 2. The van der Waals surface area contributed by atoms with Gasteiger partial charge in [0.15, 0.2) is 0 Å². The molecule has 1 unspecified atom stereocenters. The van der Waals surface area contributed by atoms with Gasteiger partial charge < -0.3 is 14.2 Å². The Morgan fingerprint density at radius 3 is 2.32 bits per heavy atom. The van der Waals surface area contributed by atoms with Crippen molar-refractivity contribution in [1.29, 1.82) is 0 Å². The molecule has 3 heteroatoms. The van der Waals surface area contributed by atoms with Crippen molar-refractivity contribution in [2.24, 2.45) is 0 Å². The quantitative estimate of drug-likeness (QED) is 0.500. The van der Waals surface area contributed by atoms with Crippen molar-refractivity contribution in [2.45, 2.75) is 12.7 Å². The second kappa shape index (κ2) is 10.2. The maximum atomic E-state index is 5.58. The van der Waals surface area contributed by atoms with Crippen LogP contribution in [0, 0.1) is 24.7 Å². The van der Waals surface area contributed by atoms with Gasteiger partial charge in [0.1, 0.15) is 19.3 Å². The summed E-state index contributed by atoms with van der Waals surface area (Å²) in [6.45, 7) is 1.82. The Labute approximate surface area is 114 Å². The highest BCUT2D eigenvalue weighted by molar-refractivity contribution is 5.13. The van der Waals surface area contributed by atoms with Gasteiger partial charge in [0, 0.05) is 0 Å². The Hall–Kier alpha value is -1.78. The predicted molar refractivity (Wildman–Crippen MR) is 74.3 cm³/mol. The van der Waals surface area contributed by atoms with Crippen LogP contribution in [-0.4, -0.2) is 32.5 Å². The molecule has 0 saturated carbocycles. The van der Waals surface area contributed by atoms with Crippen LogP contribution in [0.5, 0.6) is 0 Å². The van der Waals surface area contributed by atoms with Crippen molar-refractivity contribution in [1.82, 2.24) is 0 Å². The number of ether oxygens (including phenoxy) is 3. The average Bonchev–Trinajstić information content (AvgIpc) is 2.45. The molecule has 0 radical (unpaired) electrons. The third-order valence-electron chi connectivity index (χ3n) is 2.31. The molecule has 0 saturated heterocycles. The van der Waals surface area contributed by atoms with Crippen LogP contribution in [-0.2, 0) is 20.8 Å². The van der Waals surface area contributed by atoms with E-state index in [0.29, 0.717) is 19.8 Å². The van der Waals surface area contributed by atoms with Crippen molar-refractivity contribution in [3.63, 3.8) is 0 Å². The molecule has 0 aliphatic heterocycles. The second-order valence-corrected chi connectivity index (χ2v) is 3.86. The molecular formula is C16H18O3. The fourth-order valence-electron chi connectivity index (χ4n) is 1.44. The SMILES string of the molecule is C#CCOCC(COCc1ccccc1)OCC#C. The maximum Gasteiger partial charge on any atom is 0.108 e. The molecule has 100 valence electrons. The molecule has 0 heterocycles. The molecule has 3 nitrogen and oxygen atoms in total. The van der Waals surface area contributed by atoms with Gasteiger partial charge in [-0.15, -0.1) is 12.8 Å². The highest BCUT2D eigenvalue weighted by Gasteiger charge is 2.09. The minimum absolute atomic E-state index is 0.201. The van der Waals surface area contributed by atoms with E-state index in [1.807, 2.05) is 30.3 Å². The average molecular weight is 258 g/mol. The van der Waals surface area contributed by atoms with E-state index < -0.39 is 0 Å². The third kappa shape index (κ3) is 7.28. The predicted octanol–water partition coefficient (Wildman–Crippen LogP) is 1.87. The minimum atomic E-state index is -0.201. The van der Waals surface area contributed by atoms with Gasteiger partial charge in [-0.05, 0) is 5.56 Å². The molecule has 1 atom stereocenters. The van der Waals surface area contributed by atoms with Gasteiger partial charge in [0.05, 0.1) is 19.8 Å². The van der Waals surface area contributed by atoms with Crippen molar-refractivity contribution in [2.75, 3.05) is 26.4 Å². The molecular weight excluding hydrogens is 240 g/mol. The van der Waals surface area contributed by atoms with Crippen LogP contribution >= 0.6 is 0 Å². The number of hydrogen-bond donors (Lipinski definition) is 0. The van der Waals surface area contributed by atoms with Crippen molar-refractivity contribution < 1.29 is 14.2 Å². The zero-order chi connectivity index (χ0) is 13.8. The van der Waals surface area contributed by atoms with E-state index >= 15 is 0 Å². The highest BCUT2D eigenvalue weighted by Crippen LogP contribution is 2.02. The standard InChI is InChI=1S/C16H18O3/c1-3-10-17-13-16(19-11-4-2)14-18-12-15-8-6-5-7-9-15/h1-2,5-9,16H,10-14H2. The van der Waals surface area contributed by atoms with Crippen LogP contribution in [0.15, 0.2) is 30.3 Å². The second-order valence-electron chi connectivity index (χ2n) is 3.86. The van der Waals surface area contributed by atoms with Crippen LogP contribution in [0.1, 0.15) is 5.56 Å². The maximum absolute atomic E-state index is 5.58. The molecule has 0 fully saturated rings. The summed E-state index contributed by atoms with van der Waals surface area (Å²) >= 11 is 0. The largest absolute Gasteiger partial charge is 0.374 e. The van der Waals surface area contributed by atoms with E-state index in [1.54, 1.807) is 0 Å². The summed E-state index contributed by atoms with van der Waals surface area (Å²) in [7, 11) is 0. The van der Waals surface area contributed by atoms with Crippen LogP contribution in [0.4, 0.5) is 0 Å². The number of benzene rings is 1. The molecule has 1 aromatic carbocycles. The lowest BCUT2D eigenvalue weighted by atomic mass is 10.2. The van der Waals surface area contributed by atoms with Crippen molar-refractivity contribution >= 4 is 0 Å². The normalized spacial score (nSPS) is 11.5. The smallest absolute Gasteiger partial charge is 0.108 e. The number of rotatable bonds is 9. The van der Waals surface area contributed by atoms with Crippen LogP contribution in [0.3, 0.4) is 0 Å². The van der Waals surface area contributed by atoms with E-state index in [-0.39, 0.29) is 19.3 Å². The topological polar surface area (TPSA) is 27.7 Å². The monoisotopic (exact) mass is 258 g/mol. The summed E-state index contributed by atoms with van der Waals surface area (Å²) in [4.78, 5) is 0. The molecule has 1 aromatic rings. The molecule has 1 rings (SSSR count). The lowest BCUT2D eigenvalue weighted by Crippen LogP contribution is -2.26. The summed E-state index contributed by atoms with van der Waals surface area (Å²) in [6.07, 6.45) is 10.1. The Morgan fingerprint density at radius 1 is 0.947 bits per heavy atom. The van der Waals surface area contributed by atoms with Gasteiger partial charge in [-0.3, -0.25) is 0 Å². The van der Waals surface area contributed by atoms with Crippen molar-refractivity contribution in [3.05, 3.63) is 35.9 Å². The zero-order valence-electron chi connectivity index (χ0n) is 10.9. The van der Waals surface area contributed by atoms with Gasteiger partial charge in [-0.25, -0.2) is 0 Å². The fourth-order valence-corrected chi connectivity index (χ4v) is 1.44. The highest BCUT2D eigenvalue weighted by atomic mass is 16.6. The minimum Gasteiger partial charge on any atom is -0.374 e. The summed E-state index contributed by atoms with van der Waals surface area (Å²) in [5, 5.41) is 0. The number of hydrogen-bond acceptors (Lipinski definition) is 3. The summed E-state index contributed by atoms with van der Waals surface area (Å²) in [5.41, 5.74) is 1.11. The molecule has 0 aromatic heterocycles. The van der Waals surface area contributed by atoms with Crippen molar-refractivity contribution in [3.8, 4) is 24.7 Å². The van der Waals surface area contributed by atoms with Gasteiger partial charge in [0.2, 0.25) is 0 Å². The summed E-state index contributed by atoms with van der Waals surface area (Å²) in [5.74, 6) is 4.83. The fraction of sp³-hybridized carbons (Fsp3) is 0.375. The van der Waals surface area contributed by atoms with E-state index in [9.17, 15) is 0 Å². The van der Waals surface area contributed by atoms with E-state index in [1.165, 1.54) is 0 Å². The first-order valence-corrected chi connectivity index (χ1v) is 6.04. The molecule has 0 aliphatic rings. The van der Waals surface area contributed by atoms with Crippen LogP contribution in [0.2, 0.25) is 0 Å². The van der Waals surface area contributed by atoms with Gasteiger partial charge in [0.25, 0.3) is 0 Å². The van der Waals surface area contributed by atoms with Gasteiger partial charge >= 0.3 is 0 Å². The summed E-state index contributed by atoms with van der Waals surface area (Å²) < 4.78 is 16.2. The Bertz CT molecular complexity index is 414. The molecule has 0 N–H and O–H groups in total. The Kier molecular flexibility index (Phi) is 8.18. The molecule has 0 amide bonds. The Balaban J connectivity index is 2.27. The van der Waals surface area contributed by atoms with Gasteiger partial charge in [-0.1, -0.05) is 42.2 Å². The molecule has 0 aliphatic carbocycles. The van der Waals surface area contributed by atoms with Crippen LogP contribution < -0.4 is 0 Å². The third-order valence-corrected chi connectivity index (χ3v) is 2.31. The van der Waals surface area contributed by atoms with E-state index in [4.69, 9.17) is 27.1 Å². The van der Waals surface area contributed by atoms with E-state index in [0.717, 1.165) is 5.56 Å². The first-order chi connectivity index (χ1) is 9.36. The lowest BCUT2D eigenvalue weighted by molar-refractivity contribution is -0.0491. The Morgan fingerprint density at radius 2 is 1.63 bits per heavy atom. The summed E-state index contributed by atoms with van der Waals surface area (Å²) in [6, 6.07) is 9.93. The molecule has 0 spiro atoms. The first kappa shape index (κ1) is 15.3. The lowest BCUT2D eigenvalue weighted by Gasteiger charge is -2.16. The van der Waals surface area contributed by atoms with Gasteiger partial charge in [-0.2, -0.15) is 0 Å². The molecule has 19 heavy (non-hydrogen) atoms.